The summed E-state index contributed by atoms with van der Waals surface area (Å²) in [5.74, 6) is 2.41. The molecule has 1 saturated heterocycles. The Balaban J connectivity index is 0.00000300. The maximum Gasteiger partial charge on any atom is 0.212 e. The summed E-state index contributed by atoms with van der Waals surface area (Å²) in [4.78, 5) is 11.4. The van der Waals surface area contributed by atoms with Gasteiger partial charge in [0.05, 0.1) is 26.0 Å². The largest absolute Gasteiger partial charge is 0.481 e. The molecule has 2 aromatic rings. The van der Waals surface area contributed by atoms with Crippen LogP contribution in [0.3, 0.4) is 0 Å². The van der Waals surface area contributed by atoms with E-state index in [0.717, 1.165) is 43.5 Å². The van der Waals surface area contributed by atoms with E-state index in [2.05, 4.69) is 33.5 Å². The van der Waals surface area contributed by atoms with E-state index in [4.69, 9.17) is 14.1 Å². The summed E-state index contributed by atoms with van der Waals surface area (Å²) in [5.41, 5.74) is 1.04. The smallest absolute Gasteiger partial charge is 0.212 e. The molecule has 0 bridgehead atoms. The number of hydrogen-bond acceptors (Lipinski definition) is 5. The average molecular weight is 513 g/mol. The van der Waals surface area contributed by atoms with E-state index in [-0.39, 0.29) is 30.0 Å². The molecule has 1 atom stereocenters. The Hall–Kier alpha value is -1.81. The van der Waals surface area contributed by atoms with Crippen LogP contribution in [0.1, 0.15) is 43.6 Å². The predicted octanol–water partition coefficient (Wildman–Crippen LogP) is 3.58. The van der Waals surface area contributed by atoms with Crippen molar-refractivity contribution < 1.29 is 9.15 Å². The fraction of sp³-hybridized carbons (Fsp3) is 0.524. The number of ether oxygens (including phenoxy) is 1. The highest BCUT2D eigenvalue weighted by Crippen LogP contribution is 2.24. The van der Waals surface area contributed by atoms with E-state index in [1.165, 1.54) is 19.3 Å². The van der Waals surface area contributed by atoms with Crippen LogP contribution in [-0.4, -0.2) is 49.1 Å². The molecular formula is C21H32IN5O2. The SMILES string of the molecule is CCNC(=NCc1ccc(OC)nc1)NCC(c1ccco1)N1CCCCC1.I. The van der Waals surface area contributed by atoms with E-state index in [1.807, 2.05) is 18.2 Å². The van der Waals surface area contributed by atoms with Crippen molar-refractivity contribution in [3.05, 3.63) is 48.0 Å². The second-order valence-electron chi connectivity index (χ2n) is 6.91. The summed E-state index contributed by atoms with van der Waals surface area (Å²) < 4.78 is 10.8. The number of piperidine rings is 1. The summed E-state index contributed by atoms with van der Waals surface area (Å²) in [6.07, 6.45) is 7.36. The lowest BCUT2D eigenvalue weighted by atomic mass is 10.1. The number of furan rings is 1. The van der Waals surface area contributed by atoms with Crippen molar-refractivity contribution in [3.8, 4) is 5.88 Å². The molecule has 29 heavy (non-hydrogen) atoms. The lowest BCUT2D eigenvalue weighted by Crippen LogP contribution is -2.44. The molecule has 1 aliphatic heterocycles. The van der Waals surface area contributed by atoms with Crippen molar-refractivity contribution in [2.45, 2.75) is 38.8 Å². The monoisotopic (exact) mass is 513 g/mol. The number of nitrogens with one attached hydrogen (secondary N) is 2. The molecule has 3 rings (SSSR count). The maximum atomic E-state index is 5.73. The first-order valence-electron chi connectivity index (χ1n) is 10.1. The maximum absolute atomic E-state index is 5.73. The molecule has 0 saturated carbocycles. The van der Waals surface area contributed by atoms with Crippen LogP contribution < -0.4 is 15.4 Å². The van der Waals surface area contributed by atoms with Gasteiger partial charge in [0.25, 0.3) is 0 Å². The highest BCUT2D eigenvalue weighted by molar-refractivity contribution is 14.0. The highest BCUT2D eigenvalue weighted by Gasteiger charge is 2.24. The molecule has 2 N–H and O–H groups in total. The van der Waals surface area contributed by atoms with E-state index in [0.29, 0.717) is 12.4 Å². The molecule has 7 nitrogen and oxygen atoms in total. The molecule has 0 radical (unpaired) electrons. The number of methoxy groups -OCH3 is 1. The van der Waals surface area contributed by atoms with Crippen LogP contribution in [0, 0.1) is 0 Å². The molecule has 0 aromatic carbocycles. The summed E-state index contributed by atoms with van der Waals surface area (Å²) in [7, 11) is 1.62. The standard InChI is InChI=1S/C21H31N5O2.HI/c1-3-22-21(24-15-17-9-10-20(27-2)23-14-17)25-16-18(19-8-7-13-28-19)26-11-5-4-6-12-26;/h7-10,13-14,18H,3-6,11-12,15-16H2,1-2H3,(H2,22,24,25);1H. The number of aliphatic imine (C=N–C) groups is 1. The van der Waals surface area contributed by atoms with Crippen LogP contribution >= 0.6 is 24.0 Å². The molecule has 1 aliphatic rings. The number of guanidine groups is 1. The highest BCUT2D eigenvalue weighted by atomic mass is 127. The van der Waals surface area contributed by atoms with Crippen molar-refractivity contribution in [1.82, 2.24) is 20.5 Å². The zero-order valence-corrected chi connectivity index (χ0v) is 19.6. The molecule has 0 aliphatic carbocycles. The summed E-state index contributed by atoms with van der Waals surface area (Å²) in [6, 6.07) is 8.07. The zero-order valence-electron chi connectivity index (χ0n) is 17.3. The van der Waals surface area contributed by atoms with Crippen LogP contribution in [0.5, 0.6) is 5.88 Å². The molecule has 160 valence electrons. The summed E-state index contributed by atoms with van der Waals surface area (Å²) in [5, 5.41) is 6.81. The first-order chi connectivity index (χ1) is 13.8. The van der Waals surface area contributed by atoms with Gasteiger partial charge in [-0.3, -0.25) is 4.90 Å². The molecule has 0 spiro atoms. The minimum atomic E-state index is 0. The minimum absolute atomic E-state index is 0. The van der Waals surface area contributed by atoms with Gasteiger partial charge < -0.3 is 19.8 Å². The average Bonchev–Trinajstić information content (AvgIpc) is 3.28. The fourth-order valence-corrected chi connectivity index (χ4v) is 3.45. The Kier molecular flexibility index (Phi) is 10.3. The number of aromatic nitrogens is 1. The van der Waals surface area contributed by atoms with Gasteiger partial charge in [0.15, 0.2) is 5.96 Å². The lowest BCUT2D eigenvalue weighted by Gasteiger charge is -2.33. The molecule has 1 fully saturated rings. The molecule has 1 unspecified atom stereocenters. The Morgan fingerprint density at radius 3 is 2.69 bits per heavy atom. The van der Waals surface area contributed by atoms with E-state index in [9.17, 15) is 0 Å². The fourth-order valence-electron chi connectivity index (χ4n) is 3.45. The number of halogens is 1. The number of rotatable bonds is 8. The topological polar surface area (TPSA) is 74.9 Å². The Morgan fingerprint density at radius 2 is 2.07 bits per heavy atom. The third kappa shape index (κ3) is 7.18. The van der Waals surface area contributed by atoms with Crippen LogP contribution in [0.25, 0.3) is 0 Å². The quantitative estimate of drug-likeness (QED) is 0.320. The van der Waals surface area contributed by atoms with E-state index < -0.39 is 0 Å². The van der Waals surface area contributed by atoms with Gasteiger partial charge >= 0.3 is 0 Å². The second kappa shape index (κ2) is 12.7. The first-order valence-corrected chi connectivity index (χ1v) is 10.1. The molecule has 8 heteroatoms. The number of hydrogen-bond donors (Lipinski definition) is 2. The van der Waals surface area contributed by atoms with Gasteiger partial charge in [0.1, 0.15) is 5.76 Å². The number of pyridine rings is 1. The molecular weight excluding hydrogens is 481 g/mol. The Morgan fingerprint density at radius 1 is 1.24 bits per heavy atom. The van der Waals surface area contributed by atoms with Gasteiger partial charge in [-0.1, -0.05) is 12.5 Å². The van der Waals surface area contributed by atoms with Crippen LogP contribution in [0.15, 0.2) is 46.1 Å². The van der Waals surface area contributed by atoms with Gasteiger partial charge in [0, 0.05) is 25.4 Å². The Bertz CT molecular complexity index is 715. The normalized spacial score (nSPS) is 16.0. The van der Waals surface area contributed by atoms with Gasteiger partial charge in [0.2, 0.25) is 5.88 Å². The van der Waals surface area contributed by atoms with Crippen LogP contribution in [-0.2, 0) is 6.54 Å². The third-order valence-corrected chi connectivity index (χ3v) is 4.94. The van der Waals surface area contributed by atoms with Crippen molar-refractivity contribution >= 4 is 29.9 Å². The Labute approximate surface area is 190 Å². The van der Waals surface area contributed by atoms with E-state index in [1.54, 1.807) is 19.6 Å². The first kappa shape index (κ1) is 23.5. The second-order valence-corrected chi connectivity index (χ2v) is 6.91. The van der Waals surface area contributed by atoms with E-state index >= 15 is 0 Å². The zero-order chi connectivity index (χ0) is 19.6. The van der Waals surface area contributed by atoms with Crippen LogP contribution in [0.2, 0.25) is 0 Å². The molecule has 2 aromatic heterocycles. The van der Waals surface area contributed by atoms with Gasteiger partial charge in [-0.05, 0) is 50.6 Å². The van der Waals surface area contributed by atoms with Crippen molar-refractivity contribution in [2.24, 2.45) is 4.99 Å². The van der Waals surface area contributed by atoms with Crippen molar-refractivity contribution in [2.75, 3.05) is 33.3 Å². The van der Waals surface area contributed by atoms with Crippen molar-refractivity contribution in [1.29, 1.82) is 0 Å². The predicted molar refractivity (Wildman–Crippen MR) is 126 cm³/mol. The van der Waals surface area contributed by atoms with Gasteiger partial charge in [-0.15, -0.1) is 24.0 Å². The van der Waals surface area contributed by atoms with Gasteiger partial charge in [-0.25, -0.2) is 9.98 Å². The molecule has 3 heterocycles. The van der Waals surface area contributed by atoms with Crippen molar-refractivity contribution in [3.63, 3.8) is 0 Å². The lowest BCUT2D eigenvalue weighted by molar-refractivity contribution is 0.146. The molecule has 0 amide bonds. The summed E-state index contributed by atoms with van der Waals surface area (Å²) >= 11 is 0. The third-order valence-electron chi connectivity index (χ3n) is 4.94. The minimum Gasteiger partial charge on any atom is -0.481 e. The number of likely N-dealkylation sites (tertiary alicyclic amines) is 1. The number of nitrogens with zero attached hydrogens (tertiary/aromatic N) is 3. The summed E-state index contributed by atoms with van der Waals surface area (Å²) in [6.45, 7) is 6.40. The van der Waals surface area contributed by atoms with Crippen LogP contribution in [0.4, 0.5) is 0 Å². The van der Waals surface area contributed by atoms with Gasteiger partial charge in [-0.2, -0.15) is 0 Å².